The van der Waals surface area contributed by atoms with Crippen LogP contribution in [0.4, 0.5) is 5.69 Å². The number of hydrogen-bond donors (Lipinski definition) is 1. The van der Waals surface area contributed by atoms with Crippen LogP contribution in [0.25, 0.3) is 11.0 Å². The molecule has 3 nitrogen and oxygen atoms in total. The third kappa shape index (κ3) is 4.06. The monoisotopic (exact) mass is 411 g/mol. The Morgan fingerprint density at radius 1 is 0.821 bits per heavy atom. The third-order valence-electron chi connectivity index (χ3n) is 4.75. The van der Waals surface area contributed by atoms with Gasteiger partial charge < -0.3 is 14.5 Å². The Labute approximate surface area is 178 Å². The minimum atomic E-state index is 0.0245. The van der Waals surface area contributed by atoms with Crippen LogP contribution in [0.15, 0.2) is 48.5 Å². The van der Waals surface area contributed by atoms with Crippen molar-refractivity contribution in [2.45, 2.75) is 59.0 Å². The zero-order chi connectivity index (χ0) is 20.7. The molecule has 0 bridgehead atoms. The van der Waals surface area contributed by atoms with E-state index < -0.39 is 0 Å². The zero-order valence-electron chi connectivity index (χ0n) is 17.5. The lowest BCUT2D eigenvalue weighted by Crippen LogP contribution is -2.42. The predicted octanol–water partition coefficient (Wildman–Crippen LogP) is 6.63. The fourth-order valence-corrected chi connectivity index (χ4v) is 4.72. The van der Waals surface area contributed by atoms with Crippen molar-refractivity contribution in [2.75, 3.05) is 4.90 Å². The summed E-state index contributed by atoms with van der Waals surface area (Å²) in [5.41, 5.74) is 5.02. The Hall–Kier alpha value is -1.98. The summed E-state index contributed by atoms with van der Waals surface area (Å²) in [6, 6.07) is 16.7. The van der Waals surface area contributed by atoms with Gasteiger partial charge >= 0.3 is 0 Å². The first-order valence-electron chi connectivity index (χ1n) is 9.61. The van der Waals surface area contributed by atoms with Gasteiger partial charge in [0.25, 0.3) is 0 Å². The molecule has 0 saturated carbocycles. The molecule has 148 valence electrons. The first-order valence-corrected chi connectivity index (χ1v) is 10.4. The van der Waals surface area contributed by atoms with Crippen LogP contribution in [0.1, 0.15) is 47.1 Å². The van der Waals surface area contributed by atoms with Crippen molar-refractivity contribution in [1.29, 1.82) is 0 Å². The van der Waals surface area contributed by atoms with E-state index in [-0.39, 0.29) is 11.1 Å². The second-order valence-corrected chi connectivity index (χ2v) is 10.0. The predicted molar refractivity (Wildman–Crippen MR) is 127 cm³/mol. The second kappa shape index (κ2) is 7.45. The number of para-hydroxylation sites is 3. The van der Waals surface area contributed by atoms with Gasteiger partial charge in [0.15, 0.2) is 4.77 Å². The van der Waals surface area contributed by atoms with E-state index in [2.05, 4.69) is 86.3 Å². The molecule has 1 N–H and O–H groups in total. The zero-order valence-corrected chi connectivity index (χ0v) is 19.2. The molecule has 0 saturated heterocycles. The molecular weight excluding hydrogens is 382 g/mol. The van der Waals surface area contributed by atoms with Crippen molar-refractivity contribution in [3.05, 3.63) is 58.9 Å². The maximum absolute atomic E-state index is 5.42. The van der Waals surface area contributed by atoms with Crippen LogP contribution in [0.3, 0.4) is 0 Å². The van der Waals surface area contributed by atoms with Crippen LogP contribution in [-0.2, 0) is 12.0 Å². The number of H-pyrrole nitrogens is 1. The Morgan fingerprint density at radius 3 is 2.07 bits per heavy atom. The van der Waals surface area contributed by atoms with Gasteiger partial charge in [-0.3, -0.25) is 0 Å². The van der Waals surface area contributed by atoms with Gasteiger partial charge in [0.05, 0.1) is 16.0 Å². The SMILES string of the molecule is CC(C)(C)N1C(=S)Cc2ccccc21.CC(C)(C)n1c(=S)[nH]c2ccccc21. The van der Waals surface area contributed by atoms with Crippen LogP contribution in [0.5, 0.6) is 0 Å². The molecule has 0 aliphatic carbocycles. The van der Waals surface area contributed by atoms with Crippen molar-refractivity contribution in [3.8, 4) is 0 Å². The average molecular weight is 412 g/mol. The van der Waals surface area contributed by atoms with E-state index in [0.29, 0.717) is 0 Å². The van der Waals surface area contributed by atoms with Gasteiger partial charge in [-0.25, -0.2) is 0 Å². The average Bonchev–Trinajstić information content (AvgIpc) is 3.09. The van der Waals surface area contributed by atoms with Gasteiger partial charge in [0.1, 0.15) is 0 Å². The summed E-state index contributed by atoms with van der Waals surface area (Å²) < 4.78 is 2.94. The van der Waals surface area contributed by atoms with Gasteiger partial charge in [-0.2, -0.15) is 0 Å². The lowest BCUT2D eigenvalue weighted by molar-refractivity contribution is 0.404. The summed E-state index contributed by atoms with van der Waals surface area (Å²) >= 11 is 10.7. The lowest BCUT2D eigenvalue weighted by atomic mass is 10.1. The van der Waals surface area contributed by atoms with Gasteiger partial charge in [0, 0.05) is 23.2 Å². The largest absolute Gasteiger partial charge is 0.331 e. The maximum Gasteiger partial charge on any atom is 0.178 e. The van der Waals surface area contributed by atoms with Gasteiger partial charge in [0.2, 0.25) is 0 Å². The van der Waals surface area contributed by atoms with Crippen LogP contribution >= 0.6 is 24.4 Å². The maximum atomic E-state index is 5.42. The number of benzene rings is 2. The number of anilines is 1. The molecule has 1 aliphatic rings. The summed E-state index contributed by atoms with van der Waals surface area (Å²) in [6.45, 7) is 13.1. The summed E-state index contributed by atoms with van der Waals surface area (Å²) in [5, 5.41) is 0. The number of fused-ring (bicyclic) bond motifs is 2. The first-order chi connectivity index (χ1) is 13.0. The molecule has 28 heavy (non-hydrogen) atoms. The Morgan fingerprint density at radius 2 is 1.43 bits per heavy atom. The fraction of sp³-hybridized carbons (Fsp3) is 0.391. The number of nitrogens with one attached hydrogen (secondary N) is 1. The standard InChI is InChI=1S/C12H15NS.C11H14N2S/c1-12(2,3)13-10-7-5-4-6-9(10)8-11(13)14;1-11(2,3)13-9-7-5-4-6-8(9)12-10(13)14/h4-7H,8H2,1-3H3;4-7H,1-3H3,(H,12,14). The number of aromatic nitrogens is 2. The number of hydrogen-bond acceptors (Lipinski definition) is 2. The molecule has 0 fully saturated rings. The van der Waals surface area contributed by atoms with E-state index in [1.165, 1.54) is 16.8 Å². The smallest absolute Gasteiger partial charge is 0.178 e. The third-order valence-corrected chi connectivity index (χ3v) is 5.37. The topological polar surface area (TPSA) is 24.0 Å². The summed E-state index contributed by atoms with van der Waals surface area (Å²) in [7, 11) is 0. The van der Waals surface area contributed by atoms with Crippen molar-refractivity contribution >= 4 is 46.1 Å². The van der Waals surface area contributed by atoms with E-state index in [4.69, 9.17) is 24.4 Å². The fourth-order valence-electron chi connectivity index (χ4n) is 3.71. The van der Waals surface area contributed by atoms with E-state index in [1.807, 2.05) is 18.2 Å². The summed E-state index contributed by atoms with van der Waals surface area (Å²) in [4.78, 5) is 6.51. The van der Waals surface area contributed by atoms with Gasteiger partial charge in [-0.05, 0) is 77.5 Å². The summed E-state index contributed by atoms with van der Waals surface area (Å²) in [5.74, 6) is 0. The molecule has 4 rings (SSSR count). The molecule has 0 spiro atoms. The van der Waals surface area contributed by atoms with Crippen molar-refractivity contribution < 1.29 is 0 Å². The molecule has 2 aromatic carbocycles. The van der Waals surface area contributed by atoms with Crippen LogP contribution < -0.4 is 4.90 Å². The molecule has 0 atom stereocenters. The highest BCUT2D eigenvalue weighted by Gasteiger charge is 2.31. The van der Waals surface area contributed by atoms with E-state index in [0.717, 1.165) is 21.7 Å². The molecule has 2 heterocycles. The van der Waals surface area contributed by atoms with Gasteiger partial charge in [-0.15, -0.1) is 0 Å². The van der Waals surface area contributed by atoms with Crippen LogP contribution in [-0.4, -0.2) is 20.1 Å². The highest BCUT2D eigenvalue weighted by atomic mass is 32.1. The second-order valence-electron chi connectivity index (χ2n) is 9.16. The molecule has 1 aliphatic heterocycles. The van der Waals surface area contributed by atoms with E-state index in [9.17, 15) is 0 Å². The van der Waals surface area contributed by atoms with Crippen LogP contribution in [0, 0.1) is 4.77 Å². The minimum Gasteiger partial charge on any atom is -0.331 e. The molecule has 5 heteroatoms. The minimum absolute atomic E-state index is 0.0245. The molecule has 0 unspecified atom stereocenters. The normalized spacial score (nSPS) is 14.1. The highest BCUT2D eigenvalue weighted by Crippen LogP contribution is 2.34. The number of imidazole rings is 1. The Kier molecular flexibility index (Phi) is 5.52. The van der Waals surface area contributed by atoms with Crippen molar-refractivity contribution in [2.24, 2.45) is 0 Å². The number of aromatic amines is 1. The molecule has 1 aromatic heterocycles. The molecule has 0 radical (unpaired) electrons. The molecule has 3 aromatic rings. The van der Waals surface area contributed by atoms with E-state index in [1.54, 1.807) is 0 Å². The van der Waals surface area contributed by atoms with Crippen molar-refractivity contribution in [1.82, 2.24) is 9.55 Å². The number of nitrogens with zero attached hydrogens (tertiary/aromatic N) is 2. The van der Waals surface area contributed by atoms with Crippen molar-refractivity contribution in [3.63, 3.8) is 0 Å². The first kappa shape index (κ1) is 20.7. The summed E-state index contributed by atoms with van der Waals surface area (Å²) in [6.07, 6.45) is 0.919. The Bertz CT molecular complexity index is 1060. The molecule has 0 amide bonds. The molecular formula is C23H29N3S2. The highest BCUT2D eigenvalue weighted by molar-refractivity contribution is 7.80. The van der Waals surface area contributed by atoms with E-state index >= 15 is 0 Å². The number of rotatable bonds is 0. The quantitative estimate of drug-likeness (QED) is 0.420. The van der Waals surface area contributed by atoms with Crippen LogP contribution in [0.2, 0.25) is 0 Å². The Balaban J connectivity index is 0.000000161. The number of thiocarbonyl (C=S) groups is 1. The lowest BCUT2D eigenvalue weighted by Gasteiger charge is -2.34. The van der Waals surface area contributed by atoms with Gasteiger partial charge in [-0.1, -0.05) is 42.5 Å².